The van der Waals surface area contributed by atoms with Crippen molar-refractivity contribution < 1.29 is 14.3 Å². The summed E-state index contributed by atoms with van der Waals surface area (Å²) < 4.78 is 13.1. The van der Waals surface area contributed by atoms with Crippen molar-refractivity contribution in [1.82, 2.24) is 4.98 Å². The lowest BCUT2D eigenvalue weighted by molar-refractivity contribution is -0.138. The summed E-state index contributed by atoms with van der Waals surface area (Å²) in [5, 5.41) is 9.97. The van der Waals surface area contributed by atoms with Crippen LogP contribution in [-0.4, -0.2) is 16.1 Å². The van der Waals surface area contributed by atoms with E-state index < -0.39 is 11.9 Å². The van der Waals surface area contributed by atoms with Crippen LogP contribution in [0.15, 0.2) is 24.3 Å². The minimum absolute atomic E-state index is 0.259. The van der Waals surface area contributed by atoms with E-state index in [1.54, 1.807) is 17.4 Å². The lowest BCUT2D eigenvalue weighted by Crippen LogP contribution is -2.08. The van der Waals surface area contributed by atoms with E-state index in [0.29, 0.717) is 18.5 Å². The fraction of sp³-hybridized carbons (Fsp3) is 0.286. The van der Waals surface area contributed by atoms with Crippen molar-refractivity contribution in [1.29, 1.82) is 0 Å². The van der Waals surface area contributed by atoms with Crippen molar-refractivity contribution in [3.63, 3.8) is 0 Å². The van der Waals surface area contributed by atoms with Crippen LogP contribution in [0.1, 0.15) is 33.5 Å². The van der Waals surface area contributed by atoms with Crippen LogP contribution < -0.4 is 0 Å². The van der Waals surface area contributed by atoms with Crippen LogP contribution in [0.2, 0.25) is 0 Å². The van der Waals surface area contributed by atoms with Crippen molar-refractivity contribution in [2.45, 2.75) is 25.2 Å². The SMILES string of the molecule is O=C(O)C1CCc2sc(Cc3cccc(F)c3)nc21. The Hall–Kier alpha value is -1.75. The highest BCUT2D eigenvalue weighted by Crippen LogP contribution is 2.37. The largest absolute Gasteiger partial charge is 0.481 e. The molecule has 1 aromatic heterocycles. The minimum atomic E-state index is -0.804. The van der Waals surface area contributed by atoms with Crippen LogP contribution in [0.4, 0.5) is 4.39 Å². The maximum Gasteiger partial charge on any atom is 0.312 e. The molecule has 1 aromatic carbocycles. The average molecular weight is 277 g/mol. The zero-order valence-electron chi connectivity index (χ0n) is 10.1. The third kappa shape index (κ3) is 2.38. The molecule has 0 saturated heterocycles. The number of fused-ring (bicyclic) bond motifs is 1. The molecule has 0 bridgehead atoms. The van der Waals surface area contributed by atoms with Gasteiger partial charge < -0.3 is 5.11 Å². The summed E-state index contributed by atoms with van der Waals surface area (Å²) in [6.45, 7) is 0. The van der Waals surface area contributed by atoms with Crippen molar-refractivity contribution in [2.24, 2.45) is 0 Å². The summed E-state index contributed by atoms with van der Waals surface area (Å²) in [5.41, 5.74) is 1.57. The summed E-state index contributed by atoms with van der Waals surface area (Å²) in [6, 6.07) is 6.42. The zero-order valence-corrected chi connectivity index (χ0v) is 10.9. The first-order chi connectivity index (χ1) is 9.13. The number of rotatable bonds is 3. The fourth-order valence-electron chi connectivity index (χ4n) is 2.42. The minimum Gasteiger partial charge on any atom is -0.481 e. The lowest BCUT2D eigenvalue weighted by Gasteiger charge is -2.02. The smallest absolute Gasteiger partial charge is 0.312 e. The summed E-state index contributed by atoms with van der Waals surface area (Å²) in [6.07, 6.45) is 1.98. The molecule has 3 nitrogen and oxygen atoms in total. The fourth-order valence-corrected chi connectivity index (χ4v) is 3.59. The number of hydrogen-bond acceptors (Lipinski definition) is 3. The van der Waals surface area contributed by atoms with Gasteiger partial charge in [0.1, 0.15) is 11.7 Å². The van der Waals surface area contributed by atoms with Gasteiger partial charge >= 0.3 is 5.97 Å². The Morgan fingerprint density at radius 2 is 2.37 bits per heavy atom. The molecule has 98 valence electrons. The first-order valence-corrected chi connectivity index (χ1v) is 6.91. The number of thiazole rings is 1. The van der Waals surface area contributed by atoms with E-state index >= 15 is 0 Å². The third-order valence-electron chi connectivity index (χ3n) is 3.30. The molecule has 1 unspecified atom stereocenters. The van der Waals surface area contributed by atoms with Crippen molar-refractivity contribution in [3.05, 3.63) is 51.2 Å². The van der Waals surface area contributed by atoms with E-state index in [0.717, 1.165) is 21.9 Å². The highest BCUT2D eigenvalue weighted by molar-refractivity contribution is 7.11. The number of benzene rings is 1. The lowest BCUT2D eigenvalue weighted by atomic mass is 10.1. The van der Waals surface area contributed by atoms with Crippen molar-refractivity contribution in [3.8, 4) is 0 Å². The number of halogens is 1. The second-order valence-electron chi connectivity index (χ2n) is 4.65. The molecule has 0 fully saturated rings. The number of hydrogen-bond donors (Lipinski definition) is 1. The van der Waals surface area contributed by atoms with Gasteiger partial charge in [-0.25, -0.2) is 9.37 Å². The first-order valence-electron chi connectivity index (χ1n) is 6.09. The predicted octanol–water partition coefficient (Wildman–Crippen LogP) is 2.99. The van der Waals surface area contributed by atoms with Gasteiger partial charge in [0.25, 0.3) is 0 Å². The van der Waals surface area contributed by atoms with E-state index in [1.807, 2.05) is 6.07 Å². The van der Waals surface area contributed by atoms with Gasteiger partial charge in [0, 0.05) is 11.3 Å². The summed E-state index contributed by atoms with van der Waals surface area (Å²) in [7, 11) is 0. The summed E-state index contributed by atoms with van der Waals surface area (Å²) in [4.78, 5) is 16.6. The van der Waals surface area contributed by atoms with E-state index in [4.69, 9.17) is 5.11 Å². The van der Waals surface area contributed by atoms with Crippen molar-refractivity contribution >= 4 is 17.3 Å². The molecule has 2 aromatic rings. The van der Waals surface area contributed by atoms with Gasteiger partial charge in [-0.15, -0.1) is 11.3 Å². The van der Waals surface area contributed by atoms with Gasteiger partial charge in [0.2, 0.25) is 0 Å². The maximum atomic E-state index is 13.1. The normalized spacial score (nSPS) is 17.4. The van der Waals surface area contributed by atoms with Crippen LogP contribution >= 0.6 is 11.3 Å². The molecule has 0 spiro atoms. The number of aryl methyl sites for hydroxylation is 1. The molecule has 1 aliphatic rings. The quantitative estimate of drug-likeness (QED) is 0.938. The molecule has 0 aliphatic heterocycles. The Labute approximate surface area is 113 Å². The zero-order chi connectivity index (χ0) is 13.4. The highest BCUT2D eigenvalue weighted by atomic mass is 32.1. The molecule has 19 heavy (non-hydrogen) atoms. The molecular weight excluding hydrogens is 265 g/mol. The number of carbonyl (C=O) groups is 1. The Bertz CT molecular complexity index is 638. The van der Waals surface area contributed by atoms with Gasteiger partial charge in [0.15, 0.2) is 0 Å². The summed E-state index contributed by atoms with van der Waals surface area (Å²) >= 11 is 1.55. The molecule has 3 rings (SSSR count). The van der Waals surface area contributed by atoms with Gasteiger partial charge in [0.05, 0.1) is 10.7 Å². The van der Waals surface area contributed by atoms with Gasteiger partial charge in [-0.3, -0.25) is 4.79 Å². The van der Waals surface area contributed by atoms with Crippen LogP contribution in [0, 0.1) is 5.82 Å². The Morgan fingerprint density at radius 3 is 3.11 bits per heavy atom. The van der Waals surface area contributed by atoms with Crippen LogP contribution in [0.3, 0.4) is 0 Å². The first kappa shape index (κ1) is 12.3. The average Bonchev–Trinajstić information content (AvgIpc) is 2.87. The van der Waals surface area contributed by atoms with Gasteiger partial charge in [-0.2, -0.15) is 0 Å². The molecule has 1 heterocycles. The van der Waals surface area contributed by atoms with E-state index in [9.17, 15) is 9.18 Å². The Kier molecular flexibility index (Phi) is 3.06. The molecule has 0 amide bonds. The van der Waals surface area contributed by atoms with E-state index in [1.165, 1.54) is 12.1 Å². The van der Waals surface area contributed by atoms with E-state index in [-0.39, 0.29) is 5.82 Å². The highest BCUT2D eigenvalue weighted by Gasteiger charge is 2.32. The number of nitrogens with zero attached hydrogens (tertiary/aromatic N) is 1. The topological polar surface area (TPSA) is 50.2 Å². The Morgan fingerprint density at radius 1 is 1.53 bits per heavy atom. The molecular formula is C14H12FNO2S. The van der Waals surface area contributed by atoms with E-state index in [2.05, 4.69) is 4.98 Å². The van der Waals surface area contributed by atoms with Crippen LogP contribution in [0.5, 0.6) is 0 Å². The number of aliphatic carboxylic acids is 1. The molecule has 5 heteroatoms. The maximum absolute atomic E-state index is 13.1. The number of carboxylic acid groups (broad SMARTS) is 1. The summed E-state index contributed by atoms with van der Waals surface area (Å²) in [5.74, 6) is -1.53. The predicted molar refractivity (Wildman–Crippen MR) is 70.0 cm³/mol. The second-order valence-corrected chi connectivity index (χ2v) is 5.82. The van der Waals surface area contributed by atoms with Gasteiger partial charge in [-0.1, -0.05) is 12.1 Å². The Balaban J connectivity index is 1.85. The molecule has 0 radical (unpaired) electrons. The third-order valence-corrected chi connectivity index (χ3v) is 4.44. The molecule has 1 atom stereocenters. The molecule has 1 aliphatic carbocycles. The number of carboxylic acids is 1. The molecule has 1 N–H and O–H groups in total. The number of aromatic nitrogens is 1. The second kappa shape index (κ2) is 4.74. The molecule has 0 saturated carbocycles. The van der Waals surface area contributed by atoms with Crippen LogP contribution in [-0.2, 0) is 17.6 Å². The standard InChI is InChI=1S/C14H12FNO2S/c15-9-3-1-2-8(6-9)7-12-16-13-10(14(17)18)4-5-11(13)19-12/h1-3,6,10H,4-5,7H2,(H,17,18). The van der Waals surface area contributed by atoms with Crippen LogP contribution in [0.25, 0.3) is 0 Å². The van der Waals surface area contributed by atoms with Gasteiger partial charge in [-0.05, 0) is 30.5 Å². The monoisotopic (exact) mass is 277 g/mol. The van der Waals surface area contributed by atoms with Crippen molar-refractivity contribution in [2.75, 3.05) is 0 Å².